The molecule has 0 radical (unpaired) electrons. The third-order valence-electron chi connectivity index (χ3n) is 2.18. The molecule has 0 aliphatic carbocycles. The molecule has 5 N–H and O–H groups in total. The van der Waals surface area contributed by atoms with Crippen molar-refractivity contribution in [2.45, 2.75) is 0 Å². The van der Waals surface area contributed by atoms with E-state index < -0.39 is 5.91 Å². The lowest BCUT2D eigenvalue weighted by Crippen LogP contribution is -2.20. The van der Waals surface area contributed by atoms with Gasteiger partial charge in [-0.25, -0.2) is 0 Å². The van der Waals surface area contributed by atoms with Crippen molar-refractivity contribution >= 4 is 28.7 Å². The number of rotatable bonds is 6. The van der Waals surface area contributed by atoms with Crippen molar-refractivity contribution in [3.05, 3.63) is 18.2 Å². The SMILES string of the molecule is NC(=O)COCCNc1nc2ccc(N)cc2o1. The molecule has 0 atom stereocenters. The van der Waals surface area contributed by atoms with Crippen molar-refractivity contribution in [1.82, 2.24) is 4.98 Å². The molecule has 0 fully saturated rings. The molecule has 7 nitrogen and oxygen atoms in total. The normalized spacial score (nSPS) is 10.7. The maximum atomic E-state index is 10.4. The summed E-state index contributed by atoms with van der Waals surface area (Å²) in [5, 5.41) is 2.93. The molecule has 0 bridgehead atoms. The van der Waals surface area contributed by atoms with Crippen molar-refractivity contribution in [3.8, 4) is 0 Å². The van der Waals surface area contributed by atoms with Crippen LogP contribution in [0.4, 0.5) is 11.7 Å². The van der Waals surface area contributed by atoms with E-state index in [0.29, 0.717) is 30.4 Å². The Morgan fingerprint density at radius 2 is 2.33 bits per heavy atom. The van der Waals surface area contributed by atoms with Crippen LogP contribution in [0.25, 0.3) is 11.1 Å². The standard InChI is InChI=1S/C11H14N4O3/c12-7-1-2-8-9(5-7)18-11(15-8)14-3-4-17-6-10(13)16/h1-2,5H,3-4,6,12H2,(H2,13,16)(H,14,15). The number of primary amides is 1. The number of oxazole rings is 1. The van der Waals surface area contributed by atoms with Crippen LogP contribution >= 0.6 is 0 Å². The number of anilines is 2. The van der Waals surface area contributed by atoms with Gasteiger partial charge in [0, 0.05) is 18.3 Å². The van der Waals surface area contributed by atoms with Gasteiger partial charge in [0.2, 0.25) is 5.91 Å². The summed E-state index contributed by atoms with van der Waals surface area (Å²) in [4.78, 5) is 14.6. The van der Waals surface area contributed by atoms with Crippen LogP contribution in [0.15, 0.2) is 22.6 Å². The van der Waals surface area contributed by atoms with Crippen LogP contribution in [0.2, 0.25) is 0 Å². The van der Waals surface area contributed by atoms with Crippen molar-refractivity contribution in [2.24, 2.45) is 5.73 Å². The van der Waals surface area contributed by atoms with E-state index in [0.717, 1.165) is 5.52 Å². The molecule has 96 valence electrons. The number of nitrogen functional groups attached to an aromatic ring is 1. The minimum Gasteiger partial charge on any atom is -0.423 e. The Morgan fingerprint density at radius 1 is 1.50 bits per heavy atom. The lowest BCUT2D eigenvalue weighted by atomic mass is 10.3. The molecule has 0 aliphatic heterocycles. The first kappa shape index (κ1) is 12.2. The lowest BCUT2D eigenvalue weighted by Gasteiger charge is -2.01. The zero-order chi connectivity index (χ0) is 13.0. The summed E-state index contributed by atoms with van der Waals surface area (Å²) in [5.74, 6) is -0.493. The van der Waals surface area contributed by atoms with Crippen LogP contribution in [-0.4, -0.2) is 30.6 Å². The van der Waals surface area contributed by atoms with E-state index in [1.807, 2.05) is 0 Å². The lowest BCUT2D eigenvalue weighted by molar-refractivity contribution is -0.122. The number of nitrogens with zero attached hydrogens (tertiary/aromatic N) is 1. The number of nitrogens with one attached hydrogen (secondary N) is 1. The number of hydrogen-bond donors (Lipinski definition) is 3. The Hall–Kier alpha value is -2.28. The first-order chi connectivity index (χ1) is 8.65. The average Bonchev–Trinajstić information content (AvgIpc) is 2.70. The van der Waals surface area contributed by atoms with Gasteiger partial charge in [-0.05, 0) is 12.1 Å². The van der Waals surface area contributed by atoms with Crippen molar-refractivity contribution in [3.63, 3.8) is 0 Å². The number of carbonyl (C=O) groups excluding carboxylic acids is 1. The summed E-state index contributed by atoms with van der Waals surface area (Å²) in [7, 11) is 0. The highest BCUT2D eigenvalue weighted by molar-refractivity contribution is 5.78. The summed E-state index contributed by atoms with van der Waals surface area (Å²) in [6.45, 7) is 0.713. The Bertz CT molecular complexity index is 552. The molecule has 18 heavy (non-hydrogen) atoms. The molecular weight excluding hydrogens is 236 g/mol. The second-order valence-corrected chi connectivity index (χ2v) is 3.69. The smallest absolute Gasteiger partial charge is 0.295 e. The molecule has 2 aromatic rings. The average molecular weight is 250 g/mol. The number of hydrogen-bond acceptors (Lipinski definition) is 6. The summed E-state index contributed by atoms with van der Waals surface area (Å²) >= 11 is 0. The van der Waals surface area contributed by atoms with Gasteiger partial charge in [-0.2, -0.15) is 4.98 Å². The number of benzene rings is 1. The Morgan fingerprint density at radius 3 is 3.11 bits per heavy atom. The van der Waals surface area contributed by atoms with E-state index in [1.165, 1.54) is 0 Å². The zero-order valence-corrected chi connectivity index (χ0v) is 9.68. The fourth-order valence-corrected chi connectivity index (χ4v) is 1.42. The van der Waals surface area contributed by atoms with E-state index in [1.54, 1.807) is 18.2 Å². The van der Waals surface area contributed by atoms with Gasteiger partial charge >= 0.3 is 0 Å². The predicted octanol–water partition coefficient (Wildman–Crippen LogP) is 0.324. The highest BCUT2D eigenvalue weighted by Gasteiger charge is 2.05. The van der Waals surface area contributed by atoms with E-state index in [-0.39, 0.29) is 6.61 Å². The van der Waals surface area contributed by atoms with E-state index in [2.05, 4.69) is 10.3 Å². The number of fused-ring (bicyclic) bond motifs is 1. The Kier molecular flexibility index (Phi) is 3.63. The summed E-state index contributed by atoms with van der Waals surface area (Å²) in [5.41, 5.74) is 12.5. The molecule has 1 aromatic carbocycles. The first-order valence-corrected chi connectivity index (χ1v) is 5.41. The van der Waals surface area contributed by atoms with Gasteiger partial charge in [0.15, 0.2) is 5.58 Å². The number of aromatic nitrogens is 1. The van der Waals surface area contributed by atoms with Gasteiger partial charge in [0.25, 0.3) is 6.01 Å². The second-order valence-electron chi connectivity index (χ2n) is 3.69. The molecule has 0 unspecified atom stereocenters. The minimum atomic E-state index is -0.493. The molecular formula is C11H14N4O3. The molecule has 0 aliphatic rings. The number of amides is 1. The molecule has 0 saturated carbocycles. The summed E-state index contributed by atoms with van der Waals surface area (Å²) in [6, 6.07) is 5.63. The topological polar surface area (TPSA) is 116 Å². The Balaban J connectivity index is 1.86. The van der Waals surface area contributed by atoms with Gasteiger partial charge in [0.05, 0.1) is 6.61 Å². The van der Waals surface area contributed by atoms with Crippen LogP contribution in [0.3, 0.4) is 0 Å². The largest absolute Gasteiger partial charge is 0.423 e. The van der Waals surface area contributed by atoms with Crippen molar-refractivity contribution < 1.29 is 13.9 Å². The molecule has 0 spiro atoms. The molecule has 1 heterocycles. The van der Waals surface area contributed by atoms with Crippen LogP contribution in [0.5, 0.6) is 0 Å². The van der Waals surface area contributed by atoms with Gasteiger partial charge in [-0.15, -0.1) is 0 Å². The fourth-order valence-electron chi connectivity index (χ4n) is 1.42. The molecule has 1 aromatic heterocycles. The molecule has 1 amide bonds. The van der Waals surface area contributed by atoms with Crippen LogP contribution < -0.4 is 16.8 Å². The summed E-state index contributed by atoms with van der Waals surface area (Å²) in [6.07, 6.45) is 0. The van der Waals surface area contributed by atoms with E-state index in [9.17, 15) is 4.79 Å². The quantitative estimate of drug-likeness (QED) is 0.502. The van der Waals surface area contributed by atoms with Gasteiger partial charge < -0.3 is 25.9 Å². The van der Waals surface area contributed by atoms with Crippen LogP contribution in [0, 0.1) is 0 Å². The highest BCUT2D eigenvalue weighted by atomic mass is 16.5. The highest BCUT2D eigenvalue weighted by Crippen LogP contribution is 2.20. The third kappa shape index (κ3) is 3.11. The number of nitrogens with two attached hydrogens (primary N) is 2. The van der Waals surface area contributed by atoms with Gasteiger partial charge in [0.1, 0.15) is 12.1 Å². The third-order valence-corrected chi connectivity index (χ3v) is 2.18. The second kappa shape index (κ2) is 5.37. The van der Waals surface area contributed by atoms with Crippen LogP contribution in [0.1, 0.15) is 0 Å². The first-order valence-electron chi connectivity index (χ1n) is 5.41. The molecule has 7 heteroatoms. The van der Waals surface area contributed by atoms with Gasteiger partial charge in [-0.1, -0.05) is 0 Å². The summed E-state index contributed by atoms with van der Waals surface area (Å²) < 4.78 is 10.4. The molecule has 0 saturated heterocycles. The van der Waals surface area contributed by atoms with Crippen LogP contribution in [-0.2, 0) is 9.53 Å². The number of ether oxygens (including phenoxy) is 1. The fraction of sp³-hybridized carbons (Fsp3) is 0.273. The maximum absolute atomic E-state index is 10.4. The minimum absolute atomic E-state index is 0.0915. The molecule has 2 rings (SSSR count). The van der Waals surface area contributed by atoms with Crippen molar-refractivity contribution in [1.29, 1.82) is 0 Å². The van der Waals surface area contributed by atoms with E-state index in [4.69, 9.17) is 20.6 Å². The number of carbonyl (C=O) groups is 1. The van der Waals surface area contributed by atoms with Crippen molar-refractivity contribution in [2.75, 3.05) is 30.8 Å². The monoisotopic (exact) mass is 250 g/mol. The zero-order valence-electron chi connectivity index (χ0n) is 9.68. The van der Waals surface area contributed by atoms with Gasteiger partial charge in [-0.3, -0.25) is 4.79 Å². The Labute approximate surface area is 103 Å². The maximum Gasteiger partial charge on any atom is 0.295 e. The van der Waals surface area contributed by atoms with E-state index >= 15 is 0 Å². The predicted molar refractivity (Wildman–Crippen MR) is 66.9 cm³/mol.